The lowest BCUT2D eigenvalue weighted by Crippen LogP contribution is -2.49. The largest absolute Gasteiger partial charge is 0.457 e. The summed E-state index contributed by atoms with van der Waals surface area (Å²) in [6.45, 7) is 5.60. The normalized spacial score (nSPS) is 13.9. The van der Waals surface area contributed by atoms with E-state index in [0.29, 0.717) is 23.0 Å². The van der Waals surface area contributed by atoms with Crippen LogP contribution in [0.2, 0.25) is 0 Å². The van der Waals surface area contributed by atoms with Gasteiger partial charge in [0.25, 0.3) is 0 Å². The maximum atomic E-state index is 13.1. The molecule has 1 aliphatic heterocycles. The predicted molar refractivity (Wildman–Crippen MR) is 168 cm³/mol. The predicted octanol–water partition coefficient (Wildman–Crippen LogP) is 5.73. The number of ether oxygens (including phenoxy) is 1. The number of hydrogen-bond acceptors (Lipinski definition) is 6. The molecule has 2 amide bonds. The number of nitrogens with zero attached hydrogens (tertiary/aromatic N) is 4. The van der Waals surface area contributed by atoms with Crippen LogP contribution in [0.4, 0.5) is 16.3 Å². The number of rotatable bonds is 11. The average Bonchev–Trinajstić information content (AvgIpc) is 3.30. The monoisotopic (exact) mass is 626 g/mol. The molecule has 4 rings (SSSR count). The number of unbranched alkanes of at least 4 members (excludes halogenated alkanes) is 1. The van der Waals surface area contributed by atoms with Crippen LogP contribution >= 0.6 is 24.8 Å². The molecule has 1 saturated heterocycles. The van der Waals surface area contributed by atoms with Gasteiger partial charge in [0.15, 0.2) is 0 Å². The zero-order valence-electron chi connectivity index (χ0n) is 23.7. The number of hydrogen-bond donors (Lipinski definition) is 2. The van der Waals surface area contributed by atoms with Crippen LogP contribution < -0.4 is 14.8 Å². The van der Waals surface area contributed by atoms with Gasteiger partial charge in [0.1, 0.15) is 17.3 Å². The van der Waals surface area contributed by atoms with Gasteiger partial charge in [0, 0.05) is 51.0 Å². The van der Waals surface area contributed by atoms with E-state index in [4.69, 9.17) is 4.74 Å². The maximum Gasteiger partial charge on any atom is 0.323 e. The minimum atomic E-state index is -3.31. The standard InChI is InChI=1S/C28H38N6O4S.2ClH/c1-4-5-18-34(28(35)30-27-14-17-29-32(27)2)24-15-19-33(20-16-24)21-22-6-10-25(11-7-22)38-26-12-8-23(9-13-26)31-39(3,36)37;;/h6-14,17,24,31H,4-5,15-16,18-21H2,1-3H3,(H,30,35);2*1H. The molecule has 13 heteroatoms. The molecule has 1 aromatic heterocycles. The van der Waals surface area contributed by atoms with Gasteiger partial charge in [-0.25, -0.2) is 13.2 Å². The second-order valence-electron chi connectivity index (χ2n) is 9.97. The Bertz CT molecular complexity index is 1330. The molecule has 41 heavy (non-hydrogen) atoms. The van der Waals surface area contributed by atoms with Crippen LogP contribution in [0.5, 0.6) is 11.5 Å². The molecular formula is C28H40Cl2N6O4S. The molecule has 2 aromatic carbocycles. The van der Waals surface area contributed by atoms with Crippen molar-refractivity contribution in [3.05, 3.63) is 66.4 Å². The Morgan fingerprint density at radius 1 is 1.02 bits per heavy atom. The number of nitrogens with one attached hydrogen (secondary N) is 2. The number of benzene rings is 2. The van der Waals surface area contributed by atoms with E-state index >= 15 is 0 Å². The lowest BCUT2D eigenvalue weighted by atomic mass is 10.0. The molecule has 2 N–H and O–H groups in total. The van der Waals surface area contributed by atoms with Gasteiger partial charge in [0.05, 0.1) is 12.5 Å². The van der Waals surface area contributed by atoms with Gasteiger partial charge in [-0.05, 0) is 61.2 Å². The van der Waals surface area contributed by atoms with Gasteiger partial charge in [-0.1, -0.05) is 25.5 Å². The Balaban J connectivity index is 0.00000294. The lowest BCUT2D eigenvalue weighted by Gasteiger charge is -2.38. The second kappa shape index (κ2) is 15.9. The highest BCUT2D eigenvalue weighted by atomic mass is 35.5. The van der Waals surface area contributed by atoms with Crippen molar-refractivity contribution in [2.75, 3.05) is 35.9 Å². The van der Waals surface area contributed by atoms with Crippen molar-refractivity contribution in [3.8, 4) is 11.5 Å². The number of carbonyl (C=O) groups is 1. The van der Waals surface area contributed by atoms with Gasteiger partial charge < -0.3 is 9.64 Å². The number of amides is 2. The molecule has 0 bridgehead atoms. The molecule has 0 unspecified atom stereocenters. The van der Waals surface area contributed by atoms with E-state index < -0.39 is 10.0 Å². The lowest BCUT2D eigenvalue weighted by molar-refractivity contribution is 0.122. The summed E-state index contributed by atoms with van der Waals surface area (Å²) in [6.07, 6.45) is 6.70. The minimum absolute atomic E-state index is 0. The highest BCUT2D eigenvalue weighted by Crippen LogP contribution is 2.25. The quantitative estimate of drug-likeness (QED) is 0.281. The van der Waals surface area contributed by atoms with Crippen molar-refractivity contribution in [2.24, 2.45) is 7.05 Å². The first-order valence-corrected chi connectivity index (χ1v) is 15.2. The number of urea groups is 1. The van der Waals surface area contributed by atoms with E-state index in [9.17, 15) is 13.2 Å². The second-order valence-corrected chi connectivity index (χ2v) is 11.7. The fourth-order valence-corrected chi connectivity index (χ4v) is 5.27. The first kappa shape index (κ1) is 34.2. The molecule has 226 valence electrons. The molecule has 0 spiro atoms. The highest BCUT2D eigenvalue weighted by molar-refractivity contribution is 7.92. The molecule has 0 aliphatic carbocycles. The topological polar surface area (TPSA) is 109 Å². The summed E-state index contributed by atoms with van der Waals surface area (Å²) in [5.41, 5.74) is 1.69. The number of halogens is 2. The van der Waals surface area contributed by atoms with Crippen LogP contribution in [0.25, 0.3) is 0 Å². The van der Waals surface area contributed by atoms with Crippen LogP contribution in [-0.4, -0.2) is 66.0 Å². The summed E-state index contributed by atoms with van der Waals surface area (Å²) in [6, 6.07) is 16.8. The van der Waals surface area contributed by atoms with Crippen LogP contribution in [0.3, 0.4) is 0 Å². The van der Waals surface area contributed by atoms with Crippen molar-refractivity contribution < 1.29 is 17.9 Å². The summed E-state index contributed by atoms with van der Waals surface area (Å²) in [5, 5.41) is 7.16. The number of likely N-dealkylation sites (tertiary alicyclic amines) is 1. The summed E-state index contributed by atoms with van der Waals surface area (Å²) in [4.78, 5) is 17.5. The van der Waals surface area contributed by atoms with Crippen molar-refractivity contribution in [1.29, 1.82) is 0 Å². The first-order chi connectivity index (χ1) is 18.7. The number of carbonyl (C=O) groups excluding carboxylic acids is 1. The highest BCUT2D eigenvalue weighted by Gasteiger charge is 2.28. The van der Waals surface area contributed by atoms with Gasteiger partial charge in [-0.2, -0.15) is 5.10 Å². The number of sulfonamides is 1. The molecule has 1 aliphatic rings. The Morgan fingerprint density at radius 2 is 1.63 bits per heavy atom. The van der Waals surface area contributed by atoms with Gasteiger partial charge in [0.2, 0.25) is 10.0 Å². The Labute approximate surface area is 255 Å². The zero-order chi connectivity index (χ0) is 27.8. The van der Waals surface area contributed by atoms with Crippen molar-refractivity contribution in [3.63, 3.8) is 0 Å². The molecule has 10 nitrogen and oxygen atoms in total. The fourth-order valence-electron chi connectivity index (χ4n) is 4.71. The van der Waals surface area contributed by atoms with Crippen LogP contribution in [0.15, 0.2) is 60.8 Å². The number of piperidine rings is 1. The number of aromatic nitrogens is 2. The van der Waals surface area contributed by atoms with Crippen LogP contribution in [0, 0.1) is 0 Å². The fraction of sp³-hybridized carbons (Fsp3) is 0.429. The van der Waals surface area contributed by atoms with Gasteiger partial charge >= 0.3 is 6.03 Å². The Morgan fingerprint density at radius 3 is 2.17 bits per heavy atom. The van der Waals surface area contributed by atoms with Crippen LogP contribution in [-0.2, 0) is 23.6 Å². The minimum Gasteiger partial charge on any atom is -0.457 e. The third kappa shape index (κ3) is 10.4. The smallest absolute Gasteiger partial charge is 0.323 e. The van der Waals surface area contributed by atoms with E-state index in [0.717, 1.165) is 58.1 Å². The van der Waals surface area contributed by atoms with E-state index in [2.05, 4.69) is 39.1 Å². The molecule has 1 fully saturated rings. The molecule has 2 heterocycles. The van der Waals surface area contributed by atoms with Gasteiger partial charge in [-0.15, -0.1) is 24.8 Å². The van der Waals surface area contributed by atoms with Crippen LogP contribution in [0.1, 0.15) is 38.2 Å². The molecular weight excluding hydrogens is 587 g/mol. The first-order valence-electron chi connectivity index (χ1n) is 13.3. The average molecular weight is 628 g/mol. The van der Waals surface area contributed by atoms with E-state index in [1.165, 1.54) is 5.56 Å². The SMILES string of the molecule is CCCCN(C(=O)Nc1ccnn1C)C1CCN(Cc2ccc(Oc3ccc(NS(C)(=O)=O)cc3)cc2)CC1.Cl.Cl. The van der Waals surface area contributed by atoms with E-state index in [-0.39, 0.29) is 36.9 Å². The van der Waals surface area contributed by atoms with Crippen molar-refractivity contribution >= 4 is 52.4 Å². The molecule has 0 atom stereocenters. The van der Waals surface area contributed by atoms with E-state index in [1.807, 2.05) is 30.1 Å². The van der Waals surface area contributed by atoms with Crippen molar-refractivity contribution in [2.45, 2.75) is 45.2 Å². The van der Waals surface area contributed by atoms with Gasteiger partial charge in [-0.3, -0.25) is 19.6 Å². The van der Waals surface area contributed by atoms with Crippen molar-refractivity contribution in [1.82, 2.24) is 19.6 Å². The van der Waals surface area contributed by atoms with E-state index in [1.54, 1.807) is 35.1 Å². The summed E-state index contributed by atoms with van der Waals surface area (Å²) >= 11 is 0. The Kier molecular flexibility index (Phi) is 13.2. The third-order valence-corrected chi connectivity index (χ3v) is 7.40. The maximum absolute atomic E-state index is 13.1. The number of anilines is 2. The molecule has 0 saturated carbocycles. The summed E-state index contributed by atoms with van der Waals surface area (Å²) in [7, 11) is -1.49. The zero-order valence-corrected chi connectivity index (χ0v) is 26.1. The number of aryl methyl sites for hydroxylation is 1. The summed E-state index contributed by atoms with van der Waals surface area (Å²) in [5.74, 6) is 2.04. The summed E-state index contributed by atoms with van der Waals surface area (Å²) < 4.78 is 32.7. The molecule has 0 radical (unpaired) electrons. The molecule has 3 aromatic rings. The Hall–Kier alpha value is -2.99. The third-order valence-electron chi connectivity index (χ3n) is 6.79.